The molecule has 14 heavy (non-hydrogen) atoms. The molecule has 0 saturated carbocycles. The summed E-state index contributed by atoms with van der Waals surface area (Å²) in [5, 5.41) is 18.3. The minimum atomic E-state index is -0.793. The van der Waals surface area contributed by atoms with E-state index in [1.807, 2.05) is 5.48 Å². The van der Waals surface area contributed by atoms with Crippen LogP contribution in [0.25, 0.3) is 0 Å². The minimum Gasteiger partial charge on any atom is -0.481 e. The Morgan fingerprint density at radius 2 is 2.21 bits per heavy atom. The number of aromatic nitrogens is 1. The van der Waals surface area contributed by atoms with Crippen molar-refractivity contribution in [3.05, 3.63) is 23.9 Å². The highest BCUT2D eigenvalue weighted by atomic mass is 16.5. The van der Waals surface area contributed by atoms with Crippen LogP contribution in [0.15, 0.2) is 18.3 Å². The maximum Gasteiger partial charge on any atom is 0.212 e. The molecule has 0 spiro atoms. The van der Waals surface area contributed by atoms with E-state index in [-0.39, 0.29) is 0 Å². The molecule has 5 heteroatoms. The van der Waals surface area contributed by atoms with Gasteiger partial charge in [0.25, 0.3) is 0 Å². The fourth-order valence-electron chi connectivity index (χ4n) is 1.05. The van der Waals surface area contributed by atoms with E-state index in [2.05, 4.69) is 4.98 Å². The van der Waals surface area contributed by atoms with Gasteiger partial charge in [0.2, 0.25) is 5.88 Å². The Bertz CT molecular complexity index is 276. The molecule has 0 aliphatic rings. The zero-order valence-corrected chi connectivity index (χ0v) is 8.14. The van der Waals surface area contributed by atoms with Crippen LogP contribution in [-0.2, 0) is 0 Å². The Morgan fingerprint density at radius 1 is 1.50 bits per heavy atom. The van der Waals surface area contributed by atoms with E-state index in [9.17, 15) is 5.11 Å². The Morgan fingerprint density at radius 3 is 2.64 bits per heavy atom. The highest BCUT2D eigenvalue weighted by Crippen LogP contribution is 2.17. The molecule has 3 N–H and O–H groups in total. The first kappa shape index (κ1) is 10.9. The lowest BCUT2D eigenvalue weighted by Crippen LogP contribution is -2.29. The lowest BCUT2D eigenvalue weighted by molar-refractivity contribution is 0.0470. The van der Waals surface area contributed by atoms with Crippen molar-refractivity contribution in [2.45, 2.75) is 19.1 Å². The van der Waals surface area contributed by atoms with Gasteiger partial charge in [0.1, 0.15) is 0 Å². The molecular weight excluding hydrogens is 184 g/mol. The summed E-state index contributed by atoms with van der Waals surface area (Å²) >= 11 is 0. The van der Waals surface area contributed by atoms with Crippen molar-refractivity contribution >= 4 is 0 Å². The summed E-state index contributed by atoms with van der Waals surface area (Å²) in [7, 11) is 1.52. The Balaban J connectivity index is 2.75. The zero-order valence-electron chi connectivity index (χ0n) is 8.14. The molecule has 0 bridgehead atoms. The third-order valence-electron chi connectivity index (χ3n) is 1.99. The summed E-state index contributed by atoms with van der Waals surface area (Å²) in [4.78, 5) is 3.94. The Labute approximate surface area is 82.3 Å². The number of pyridine rings is 1. The second kappa shape index (κ2) is 4.90. The summed E-state index contributed by atoms with van der Waals surface area (Å²) in [5.74, 6) is 0.491. The number of rotatable bonds is 4. The summed E-state index contributed by atoms with van der Waals surface area (Å²) in [6, 6.07) is 2.91. The Hall–Kier alpha value is -1.17. The quantitative estimate of drug-likeness (QED) is 0.614. The third-order valence-corrected chi connectivity index (χ3v) is 1.99. The minimum absolute atomic E-state index is 0.440. The summed E-state index contributed by atoms with van der Waals surface area (Å²) in [5.41, 5.74) is 2.61. The van der Waals surface area contributed by atoms with E-state index in [1.165, 1.54) is 13.3 Å². The van der Waals surface area contributed by atoms with Crippen molar-refractivity contribution in [3.63, 3.8) is 0 Å². The van der Waals surface area contributed by atoms with Crippen molar-refractivity contribution in [2.75, 3.05) is 7.11 Å². The van der Waals surface area contributed by atoms with Crippen LogP contribution in [0.1, 0.15) is 18.6 Å². The number of aliphatic hydroxyl groups excluding tert-OH is 1. The molecule has 0 fully saturated rings. The van der Waals surface area contributed by atoms with Gasteiger partial charge in [-0.25, -0.2) is 4.98 Å². The van der Waals surface area contributed by atoms with E-state index >= 15 is 0 Å². The molecule has 1 rings (SSSR count). The number of hydroxylamine groups is 1. The SMILES string of the molecule is COc1ccc(C(O)C(C)NO)cn1. The molecule has 0 aromatic carbocycles. The molecular formula is C9H14N2O3. The van der Waals surface area contributed by atoms with Crippen LogP contribution in [0, 0.1) is 0 Å². The Kier molecular flexibility index (Phi) is 3.82. The highest BCUT2D eigenvalue weighted by molar-refractivity contribution is 5.20. The number of hydrogen-bond acceptors (Lipinski definition) is 5. The van der Waals surface area contributed by atoms with Gasteiger partial charge in [-0.15, -0.1) is 0 Å². The fourth-order valence-corrected chi connectivity index (χ4v) is 1.05. The zero-order chi connectivity index (χ0) is 10.6. The molecule has 0 radical (unpaired) electrons. The van der Waals surface area contributed by atoms with Gasteiger partial charge in [-0.2, -0.15) is 5.48 Å². The molecule has 1 aromatic rings. The fraction of sp³-hybridized carbons (Fsp3) is 0.444. The van der Waals surface area contributed by atoms with Crippen molar-refractivity contribution in [1.29, 1.82) is 0 Å². The second-order valence-corrected chi connectivity index (χ2v) is 3.00. The van der Waals surface area contributed by atoms with Gasteiger partial charge >= 0.3 is 0 Å². The molecule has 2 atom stereocenters. The molecule has 0 aliphatic heterocycles. The monoisotopic (exact) mass is 198 g/mol. The molecule has 5 nitrogen and oxygen atoms in total. The number of nitrogens with one attached hydrogen (secondary N) is 1. The smallest absolute Gasteiger partial charge is 0.212 e. The van der Waals surface area contributed by atoms with Crippen LogP contribution in [0.5, 0.6) is 5.88 Å². The maximum atomic E-state index is 9.65. The van der Waals surface area contributed by atoms with Crippen molar-refractivity contribution < 1.29 is 15.1 Å². The second-order valence-electron chi connectivity index (χ2n) is 3.00. The first-order valence-electron chi connectivity index (χ1n) is 4.26. The van der Waals surface area contributed by atoms with E-state index in [0.717, 1.165) is 0 Å². The summed E-state index contributed by atoms with van der Waals surface area (Å²) in [6.07, 6.45) is 0.718. The van der Waals surface area contributed by atoms with E-state index in [0.29, 0.717) is 11.4 Å². The van der Waals surface area contributed by atoms with Crippen LogP contribution in [0.2, 0.25) is 0 Å². The van der Waals surface area contributed by atoms with Gasteiger partial charge in [-0.05, 0) is 13.0 Å². The van der Waals surface area contributed by atoms with Gasteiger partial charge in [-0.3, -0.25) is 0 Å². The van der Waals surface area contributed by atoms with Crippen molar-refractivity contribution in [2.24, 2.45) is 0 Å². The van der Waals surface area contributed by atoms with E-state index in [1.54, 1.807) is 19.1 Å². The van der Waals surface area contributed by atoms with Crippen LogP contribution in [0.3, 0.4) is 0 Å². The number of aliphatic hydroxyl groups is 1. The number of methoxy groups -OCH3 is 1. The molecule has 78 valence electrons. The summed E-state index contributed by atoms with van der Waals surface area (Å²) < 4.78 is 4.88. The van der Waals surface area contributed by atoms with Crippen molar-refractivity contribution in [3.8, 4) is 5.88 Å². The predicted molar refractivity (Wildman–Crippen MR) is 50.1 cm³/mol. The molecule has 2 unspecified atom stereocenters. The van der Waals surface area contributed by atoms with Gasteiger partial charge in [0, 0.05) is 17.8 Å². The van der Waals surface area contributed by atoms with Gasteiger partial charge in [0.15, 0.2) is 0 Å². The lowest BCUT2D eigenvalue weighted by Gasteiger charge is -2.16. The molecule has 1 aromatic heterocycles. The van der Waals surface area contributed by atoms with Crippen LogP contribution in [0.4, 0.5) is 0 Å². The van der Waals surface area contributed by atoms with Gasteiger partial charge < -0.3 is 15.1 Å². The molecule has 1 heterocycles. The average Bonchev–Trinajstić information content (AvgIpc) is 2.27. The summed E-state index contributed by atoms with van der Waals surface area (Å²) in [6.45, 7) is 1.66. The van der Waals surface area contributed by atoms with Crippen LogP contribution in [-0.4, -0.2) is 28.4 Å². The molecule has 0 amide bonds. The average molecular weight is 198 g/mol. The number of nitrogens with zero attached hydrogens (tertiary/aromatic N) is 1. The number of ether oxygens (including phenoxy) is 1. The first-order chi connectivity index (χ1) is 6.69. The largest absolute Gasteiger partial charge is 0.481 e. The standard InChI is InChI=1S/C9H14N2O3/c1-6(11-13)9(12)7-3-4-8(14-2)10-5-7/h3-6,9,11-13H,1-2H3. The van der Waals surface area contributed by atoms with E-state index < -0.39 is 12.1 Å². The van der Waals surface area contributed by atoms with Gasteiger partial charge in [0.05, 0.1) is 19.3 Å². The van der Waals surface area contributed by atoms with E-state index in [4.69, 9.17) is 9.94 Å². The van der Waals surface area contributed by atoms with Crippen molar-refractivity contribution in [1.82, 2.24) is 10.5 Å². The normalized spacial score (nSPS) is 14.9. The molecule has 0 saturated heterocycles. The lowest BCUT2D eigenvalue weighted by atomic mass is 10.1. The van der Waals surface area contributed by atoms with Crippen LogP contribution >= 0.6 is 0 Å². The third kappa shape index (κ3) is 2.41. The predicted octanol–water partition coefficient (Wildman–Crippen LogP) is 0.491. The number of hydrogen-bond donors (Lipinski definition) is 3. The topological polar surface area (TPSA) is 74.6 Å². The molecule has 0 aliphatic carbocycles. The maximum absolute atomic E-state index is 9.65. The van der Waals surface area contributed by atoms with Gasteiger partial charge in [-0.1, -0.05) is 0 Å². The highest BCUT2D eigenvalue weighted by Gasteiger charge is 2.15. The first-order valence-corrected chi connectivity index (χ1v) is 4.26. The van der Waals surface area contributed by atoms with Crippen LogP contribution < -0.4 is 10.2 Å².